The zero-order chi connectivity index (χ0) is 63.9. The molecule has 1 saturated carbocycles. The van der Waals surface area contributed by atoms with Crippen LogP contribution in [0.5, 0.6) is 0 Å². The first kappa shape index (κ1) is 75.5. The lowest BCUT2D eigenvalue weighted by molar-refractivity contribution is -0.386. The molecule has 0 aliphatic heterocycles. The summed E-state index contributed by atoms with van der Waals surface area (Å²) in [5, 5.41) is 24.5. The molecule has 476 valence electrons. The van der Waals surface area contributed by atoms with Gasteiger partial charge in [-0.1, -0.05) is 85.0 Å². The number of benzene rings is 2. The van der Waals surface area contributed by atoms with E-state index in [-0.39, 0.29) is 11.1 Å². The van der Waals surface area contributed by atoms with Crippen LogP contribution in [0.15, 0.2) is 175 Å². The van der Waals surface area contributed by atoms with Crippen LogP contribution in [-0.2, 0) is 122 Å². The summed E-state index contributed by atoms with van der Waals surface area (Å²) in [6, 6.07) is 9.86. The highest BCUT2D eigenvalue weighted by Crippen LogP contribution is 2.66. The van der Waals surface area contributed by atoms with Crippen LogP contribution in [-0.4, -0.2) is 113 Å². The van der Waals surface area contributed by atoms with E-state index < -0.39 is 184 Å². The monoisotopic (exact) mass is 1330 g/mol. The standard InChI is InChI=1S/C50H68N2O28P6/c1-11-29-63-81(57,64-30-12-2)75-45-46(76-82(58,65-31-13-3)66-32-14-4)48(78-84(60,69-35-17-7)70-36-18-8)50(80-86(62,72-38-20-10)74-40-42-26-22-24-28-44(42)52(55)56)49(47(45)77-83(59,67-33-15-5)68-34-16-6)79-85(61,71-37-19-9)73-39-41-25-21-23-27-43(41)51(53)54/h11-28,45-50H,1-10,29-40H2/t45-,46-,47+,48+,49-,50+,85?,86?/m0/s1. The lowest BCUT2D eigenvalue weighted by Gasteiger charge is -2.50. The van der Waals surface area contributed by atoms with Gasteiger partial charge in [-0.2, -0.15) is 0 Å². The largest absolute Gasteiger partial charge is 0.475 e. The summed E-state index contributed by atoms with van der Waals surface area (Å²) in [6.07, 6.45) is -6.00. The average molecular weight is 1330 g/mol. The van der Waals surface area contributed by atoms with E-state index in [0.717, 1.165) is 72.9 Å². The van der Waals surface area contributed by atoms with Crippen molar-refractivity contribution in [3.05, 3.63) is 206 Å². The van der Waals surface area contributed by atoms with Crippen molar-refractivity contribution in [2.75, 3.05) is 66.1 Å². The fraction of sp³-hybridized carbons (Fsp3) is 0.360. The summed E-state index contributed by atoms with van der Waals surface area (Å²) in [5.74, 6) is 0. The Morgan fingerprint density at radius 3 is 0.640 bits per heavy atom. The van der Waals surface area contributed by atoms with Gasteiger partial charge in [0.1, 0.15) is 36.6 Å². The quantitative estimate of drug-likeness (QED) is 0.0257. The molecule has 2 aromatic rings. The van der Waals surface area contributed by atoms with Gasteiger partial charge < -0.3 is 0 Å². The van der Waals surface area contributed by atoms with E-state index in [1.165, 1.54) is 36.4 Å². The Morgan fingerprint density at radius 2 is 0.477 bits per heavy atom. The molecule has 3 rings (SSSR count). The molecule has 2 unspecified atom stereocenters. The number of hydrogen-bond acceptors (Lipinski definition) is 28. The summed E-state index contributed by atoms with van der Waals surface area (Å²) < 4.78 is 198. The SMILES string of the molecule is C=CCOP(=O)(OCC=C)O[C@H]1[C@H](OP(=O)(OCC=C)OCC=C)[C@@H](OP(=O)(OCC=C)OCC=C)[C@H](OP(=O)(OCC=C)OCc2ccccc2[N+](=O)[O-])[C@H](OP(=O)(OCC=C)OCc2ccccc2[N+](=O)[O-])[C@@H]1OP(=O)(OCC=C)OCC=C. The molecule has 86 heavy (non-hydrogen) atoms. The molecule has 1 aliphatic rings. The van der Waals surface area contributed by atoms with Crippen molar-refractivity contribution in [2.24, 2.45) is 0 Å². The van der Waals surface area contributed by atoms with Crippen LogP contribution in [0.1, 0.15) is 11.1 Å². The molecule has 0 N–H and O–H groups in total. The van der Waals surface area contributed by atoms with Crippen molar-refractivity contribution < 1.29 is 119 Å². The Labute approximate surface area is 497 Å². The molecule has 2 aromatic carbocycles. The maximum Gasteiger partial charge on any atom is 0.475 e. The third-order valence-corrected chi connectivity index (χ3v) is 18.6. The van der Waals surface area contributed by atoms with E-state index in [0.29, 0.717) is 0 Å². The number of para-hydroxylation sites is 2. The number of nitro benzene ring substituents is 2. The van der Waals surface area contributed by atoms with E-state index in [4.69, 9.17) is 81.4 Å². The second-order valence-corrected chi connectivity index (χ2v) is 26.0. The van der Waals surface area contributed by atoms with Crippen molar-refractivity contribution in [1.29, 1.82) is 0 Å². The molecular weight excluding hydrogens is 1260 g/mol. The predicted molar refractivity (Wildman–Crippen MR) is 312 cm³/mol. The van der Waals surface area contributed by atoms with Gasteiger partial charge in [0, 0.05) is 12.1 Å². The van der Waals surface area contributed by atoms with Crippen LogP contribution < -0.4 is 0 Å². The zero-order valence-electron chi connectivity index (χ0n) is 46.4. The van der Waals surface area contributed by atoms with Gasteiger partial charge in [-0.15, -0.1) is 65.8 Å². The van der Waals surface area contributed by atoms with Gasteiger partial charge >= 0.3 is 46.9 Å². The highest BCUT2D eigenvalue weighted by atomic mass is 31.2. The van der Waals surface area contributed by atoms with Gasteiger partial charge in [0.05, 0.1) is 100 Å². The van der Waals surface area contributed by atoms with Crippen LogP contribution in [0.4, 0.5) is 11.4 Å². The lowest BCUT2D eigenvalue weighted by atomic mass is 9.85. The van der Waals surface area contributed by atoms with Crippen LogP contribution in [0.25, 0.3) is 0 Å². The number of phosphoric ester groups is 6. The number of rotatable bonds is 50. The molecule has 8 atom stereocenters. The Balaban J connectivity index is 2.87. The van der Waals surface area contributed by atoms with Crippen LogP contribution in [0, 0.1) is 20.2 Å². The smallest absolute Gasteiger partial charge is 0.283 e. The van der Waals surface area contributed by atoms with Crippen molar-refractivity contribution in [3.63, 3.8) is 0 Å². The molecule has 30 nitrogen and oxygen atoms in total. The second-order valence-electron chi connectivity index (χ2n) is 16.3. The molecule has 0 heterocycles. The van der Waals surface area contributed by atoms with Crippen molar-refractivity contribution in [2.45, 2.75) is 49.8 Å². The van der Waals surface area contributed by atoms with Gasteiger partial charge in [-0.05, 0) is 12.1 Å². The van der Waals surface area contributed by atoms with Gasteiger partial charge in [0.15, 0.2) is 0 Å². The Hall–Kier alpha value is -4.70. The summed E-state index contributed by atoms with van der Waals surface area (Å²) in [6.45, 7) is 26.5. The molecule has 0 saturated heterocycles. The predicted octanol–water partition coefficient (Wildman–Crippen LogP) is 13.2. The summed E-state index contributed by atoms with van der Waals surface area (Å²) >= 11 is 0. The van der Waals surface area contributed by atoms with E-state index in [2.05, 4.69) is 65.8 Å². The van der Waals surface area contributed by atoms with E-state index in [1.807, 2.05) is 0 Å². The fourth-order valence-electron chi connectivity index (χ4n) is 6.68. The highest BCUT2D eigenvalue weighted by molar-refractivity contribution is 7.50. The van der Waals surface area contributed by atoms with Crippen molar-refractivity contribution in [1.82, 2.24) is 0 Å². The highest BCUT2D eigenvalue weighted by Gasteiger charge is 2.65. The molecule has 36 heteroatoms. The molecule has 0 radical (unpaired) electrons. The zero-order valence-corrected chi connectivity index (χ0v) is 51.8. The van der Waals surface area contributed by atoms with Crippen molar-refractivity contribution >= 4 is 58.3 Å². The topological polar surface area (TPSA) is 355 Å². The lowest BCUT2D eigenvalue weighted by Crippen LogP contribution is -2.66. The molecule has 1 fully saturated rings. The van der Waals surface area contributed by atoms with Gasteiger partial charge in [-0.3, -0.25) is 102 Å². The number of nitrogens with zero attached hydrogens (tertiary/aromatic N) is 2. The maximum absolute atomic E-state index is 15.7. The first-order chi connectivity index (χ1) is 41.0. The Kier molecular flexibility index (Phi) is 33.4. The third-order valence-electron chi connectivity index (χ3n) is 10.1. The van der Waals surface area contributed by atoms with E-state index in [1.54, 1.807) is 0 Å². The molecule has 0 spiro atoms. The maximum atomic E-state index is 15.7. The number of nitro groups is 2. The fourth-order valence-corrected chi connectivity index (χ4v) is 14.6. The Bertz CT molecular complexity index is 2700. The first-order valence-electron chi connectivity index (χ1n) is 25.0. The molecule has 0 amide bonds. The van der Waals surface area contributed by atoms with Crippen molar-refractivity contribution in [3.8, 4) is 0 Å². The van der Waals surface area contributed by atoms with Gasteiger partial charge in [0.25, 0.3) is 11.4 Å². The molecule has 1 aliphatic carbocycles. The van der Waals surface area contributed by atoms with Gasteiger partial charge in [0.2, 0.25) is 0 Å². The van der Waals surface area contributed by atoms with Crippen LogP contribution >= 0.6 is 46.9 Å². The van der Waals surface area contributed by atoms with Crippen LogP contribution in [0.2, 0.25) is 0 Å². The Morgan fingerprint density at radius 1 is 0.314 bits per heavy atom. The van der Waals surface area contributed by atoms with E-state index >= 15 is 27.4 Å². The van der Waals surface area contributed by atoms with Gasteiger partial charge in [-0.25, -0.2) is 27.4 Å². The second kappa shape index (κ2) is 38.0. The number of phosphoric acid groups is 6. The molecule has 0 bridgehead atoms. The van der Waals surface area contributed by atoms with E-state index in [9.17, 15) is 20.2 Å². The van der Waals surface area contributed by atoms with Crippen LogP contribution in [0.3, 0.4) is 0 Å². The third kappa shape index (κ3) is 24.4. The summed E-state index contributed by atoms with van der Waals surface area (Å²) in [5.41, 5.74) is -1.67. The minimum absolute atomic E-state index is 0.260. The summed E-state index contributed by atoms with van der Waals surface area (Å²) in [4.78, 5) is 22.9. The summed E-state index contributed by atoms with van der Waals surface area (Å²) in [7, 11) is -33.1. The minimum atomic E-state index is -5.70. The average Bonchev–Trinajstić information content (AvgIpc) is 0.813. The normalized spacial score (nSPS) is 19.6. The minimum Gasteiger partial charge on any atom is -0.283 e. The molecular formula is C50H68N2O28P6. The number of hydrogen-bond donors (Lipinski definition) is 0. The molecule has 0 aromatic heterocycles. The first-order valence-corrected chi connectivity index (χ1v) is 33.7.